The van der Waals surface area contributed by atoms with Gasteiger partial charge in [-0.2, -0.15) is 0 Å². The summed E-state index contributed by atoms with van der Waals surface area (Å²) in [5.41, 5.74) is 5.88. The quantitative estimate of drug-likeness (QED) is 0.592. The summed E-state index contributed by atoms with van der Waals surface area (Å²) in [6.07, 6.45) is 10.3. The molecule has 0 saturated heterocycles. The van der Waals surface area contributed by atoms with Gasteiger partial charge in [-0.15, -0.1) is 6.58 Å². The Hall–Kier alpha value is -0.300. The zero-order valence-corrected chi connectivity index (χ0v) is 12.0. The maximum atomic E-state index is 5.88. The lowest BCUT2D eigenvalue weighted by molar-refractivity contribution is 0.281. The second-order valence-corrected chi connectivity index (χ2v) is 6.30. The molecule has 0 bridgehead atoms. The molecule has 4 atom stereocenters. The van der Waals surface area contributed by atoms with Gasteiger partial charge in [0.25, 0.3) is 0 Å². The summed E-state index contributed by atoms with van der Waals surface area (Å²) < 4.78 is 0. The van der Waals surface area contributed by atoms with E-state index in [2.05, 4.69) is 33.4 Å². The summed E-state index contributed by atoms with van der Waals surface area (Å²) in [7, 11) is 0. The normalized spacial score (nSPS) is 22.8. The molecular weight excluding hydrogens is 206 g/mol. The van der Waals surface area contributed by atoms with E-state index in [-0.39, 0.29) is 0 Å². The van der Waals surface area contributed by atoms with Crippen LogP contribution in [0.25, 0.3) is 0 Å². The molecular formula is C16H31N. The molecule has 0 heterocycles. The Bertz CT molecular complexity index is 218. The van der Waals surface area contributed by atoms with Gasteiger partial charge in [0.05, 0.1) is 0 Å². The second-order valence-electron chi connectivity index (χ2n) is 6.30. The van der Waals surface area contributed by atoms with Crippen molar-refractivity contribution in [2.45, 2.75) is 65.3 Å². The molecule has 1 rings (SSSR count). The maximum Gasteiger partial charge on any atom is 0.00130 e. The van der Waals surface area contributed by atoms with Gasteiger partial charge in [0.2, 0.25) is 0 Å². The Labute approximate surface area is 108 Å². The van der Waals surface area contributed by atoms with Gasteiger partial charge in [0, 0.05) is 6.04 Å². The van der Waals surface area contributed by atoms with E-state index in [1.807, 2.05) is 0 Å². The van der Waals surface area contributed by atoms with Crippen molar-refractivity contribution in [3.8, 4) is 0 Å². The Balaban J connectivity index is 2.40. The van der Waals surface area contributed by atoms with Gasteiger partial charge in [-0.1, -0.05) is 39.2 Å². The van der Waals surface area contributed by atoms with Gasteiger partial charge in [-0.05, 0) is 49.9 Å². The fourth-order valence-corrected chi connectivity index (χ4v) is 3.10. The second kappa shape index (κ2) is 7.20. The van der Waals surface area contributed by atoms with Crippen LogP contribution in [-0.4, -0.2) is 6.04 Å². The minimum Gasteiger partial charge on any atom is -0.328 e. The van der Waals surface area contributed by atoms with Crippen LogP contribution in [0.1, 0.15) is 59.3 Å². The zero-order chi connectivity index (χ0) is 12.8. The highest BCUT2D eigenvalue weighted by Gasteiger charge is 2.28. The summed E-state index contributed by atoms with van der Waals surface area (Å²) in [5, 5.41) is 0. The van der Waals surface area contributed by atoms with Crippen LogP contribution in [0.3, 0.4) is 0 Å². The summed E-state index contributed by atoms with van der Waals surface area (Å²) in [6, 6.07) is 0.332. The van der Waals surface area contributed by atoms with Gasteiger partial charge < -0.3 is 5.73 Å². The van der Waals surface area contributed by atoms with Crippen molar-refractivity contribution in [2.75, 3.05) is 0 Å². The minimum absolute atomic E-state index is 0.332. The monoisotopic (exact) mass is 237 g/mol. The van der Waals surface area contributed by atoms with Crippen LogP contribution in [0.15, 0.2) is 12.7 Å². The largest absolute Gasteiger partial charge is 0.328 e. The number of allylic oxidation sites excluding steroid dienone is 1. The average molecular weight is 237 g/mol. The number of hydrogen-bond acceptors (Lipinski definition) is 1. The number of rotatable bonds is 9. The van der Waals surface area contributed by atoms with Gasteiger partial charge in [0.15, 0.2) is 0 Å². The highest BCUT2D eigenvalue weighted by Crippen LogP contribution is 2.40. The molecule has 0 spiro atoms. The van der Waals surface area contributed by atoms with Crippen LogP contribution in [0.4, 0.5) is 0 Å². The fourth-order valence-electron chi connectivity index (χ4n) is 3.10. The molecule has 0 aromatic heterocycles. The Morgan fingerprint density at radius 1 is 1.29 bits per heavy atom. The van der Waals surface area contributed by atoms with Crippen molar-refractivity contribution >= 4 is 0 Å². The molecule has 0 aromatic carbocycles. The van der Waals surface area contributed by atoms with E-state index in [1.54, 1.807) is 0 Å². The topological polar surface area (TPSA) is 26.0 Å². The van der Waals surface area contributed by atoms with Crippen molar-refractivity contribution in [3.63, 3.8) is 0 Å². The zero-order valence-electron chi connectivity index (χ0n) is 12.0. The van der Waals surface area contributed by atoms with Crippen LogP contribution in [-0.2, 0) is 0 Å². The molecule has 1 aliphatic rings. The molecule has 0 aromatic rings. The third-order valence-corrected chi connectivity index (χ3v) is 4.21. The van der Waals surface area contributed by atoms with Crippen molar-refractivity contribution in [1.82, 2.24) is 0 Å². The maximum absolute atomic E-state index is 5.88. The number of hydrogen-bond donors (Lipinski definition) is 1. The Morgan fingerprint density at radius 2 is 1.94 bits per heavy atom. The van der Waals surface area contributed by atoms with E-state index in [1.165, 1.54) is 32.1 Å². The van der Waals surface area contributed by atoms with Gasteiger partial charge >= 0.3 is 0 Å². The van der Waals surface area contributed by atoms with Gasteiger partial charge in [0.1, 0.15) is 0 Å². The lowest BCUT2D eigenvalue weighted by Gasteiger charge is -2.27. The molecule has 0 radical (unpaired) electrons. The summed E-state index contributed by atoms with van der Waals surface area (Å²) in [6.45, 7) is 10.8. The van der Waals surface area contributed by atoms with E-state index in [0.717, 1.165) is 24.2 Å². The highest BCUT2D eigenvalue weighted by molar-refractivity contribution is 4.89. The molecule has 100 valence electrons. The van der Waals surface area contributed by atoms with E-state index in [0.29, 0.717) is 12.0 Å². The van der Waals surface area contributed by atoms with E-state index in [4.69, 9.17) is 5.73 Å². The molecule has 17 heavy (non-hydrogen) atoms. The smallest absolute Gasteiger partial charge is 0.00130 e. The molecule has 0 aliphatic heterocycles. The predicted molar refractivity (Wildman–Crippen MR) is 76.9 cm³/mol. The molecule has 1 heteroatoms. The first kappa shape index (κ1) is 14.8. The van der Waals surface area contributed by atoms with Crippen molar-refractivity contribution < 1.29 is 0 Å². The fraction of sp³-hybridized carbons (Fsp3) is 0.875. The van der Waals surface area contributed by atoms with Crippen LogP contribution in [0, 0.1) is 23.7 Å². The molecule has 0 amide bonds. The third kappa shape index (κ3) is 5.72. The lowest BCUT2D eigenvalue weighted by Crippen LogP contribution is -2.22. The van der Waals surface area contributed by atoms with Crippen molar-refractivity contribution in [3.05, 3.63) is 12.7 Å². The lowest BCUT2D eigenvalue weighted by atomic mass is 9.79. The van der Waals surface area contributed by atoms with E-state index in [9.17, 15) is 0 Å². The van der Waals surface area contributed by atoms with Crippen LogP contribution in [0.2, 0.25) is 0 Å². The summed E-state index contributed by atoms with van der Waals surface area (Å²) in [5.74, 6) is 3.32. The van der Waals surface area contributed by atoms with Gasteiger partial charge in [-0.25, -0.2) is 0 Å². The molecule has 1 aliphatic carbocycles. The predicted octanol–water partition coefficient (Wildman–Crippen LogP) is 4.38. The standard InChI is InChI=1S/C16H31N/c1-5-15(10-12(3)9-13(4)17)16(6-2)11-14-7-8-14/h5,12-16H,1,6-11,17H2,2-4H3. The third-order valence-electron chi connectivity index (χ3n) is 4.21. The first-order chi connectivity index (χ1) is 8.06. The molecule has 1 fully saturated rings. The van der Waals surface area contributed by atoms with E-state index >= 15 is 0 Å². The summed E-state index contributed by atoms with van der Waals surface area (Å²) >= 11 is 0. The SMILES string of the molecule is C=CC(CC(C)CC(C)N)C(CC)CC1CC1. The van der Waals surface area contributed by atoms with Crippen molar-refractivity contribution in [2.24, 2.45) is 29.4 Å². The Kier molecular flexibility index (Phi) is 6.26. The minimum atomic E-state index is 0.332. The van der Waals surface area contributed by atoms with Gasteiger partial charge in [-0.3, -0.25) is 0 Å². The molecule has 1 saturated carbocycles. The van der Waals surface area contributed by atoms with Crippen LogP contribution >= 0.6 is 0 Å². The number of nitrogens with two attached hydrogens (primary N) is 1. The average Bonchev–Trinajstić information content (AvgIpc) is 3.05. The van der Waals surface area contributed by atoms with Crippen LogP contribution < -0.4 is 5.73 Å². The Morgan fingerprint density at radius 3 is 2.35 bits per heavy atom. The molecule has 4 unspecified atom stereocenters. The van der Waals surface area contributed by atoms with Crippen molar-refractivity contribution in [1.29, 1.82) is 0 Å². The molecule has 2 N–H and O–H groups in total. The summed E-state index contributed by atoms with van der Waals surface area (Å²) in [4.78, 5) is 0. The first-order valence-electron chi connectivity index (χ1n) is 7.44. The highest BCUT2D eigenvalue weighted by atomic mass is 14.6. The van der Waals surface area contributed by atoms with Crippen LogP contribution in [0.5, 0.6) is 0 Å². The van der Waals surface area contributed by atoms with E-state index < -0.39 is 0 Å². The first-order valence-corrected chi connectivity index (χ1v) is 7.44. The molecule has 1 nitrogen and oxygen atoms in total.